The van der Waals surface area contributed by atoms with Gasteiger partial charge in [-0.3, -0.25) is 4.99 Å². The van der Waals surface area contributed by atoms with Crippen LogP contribution < -0.4 is 5.32 Å². The molecule has 4 heteroatoms. The predicted molar refractivity (Wildman–Crippen MR) is 53.2 cm³/mol. The van der Waals surface area contributed by atoms with Gasteiger partial charge in [-0.2, -0.15) is 0 Å². The molecule has 0 radical (unpaired) electrons. The summed E-state index contributed by atoms with van der Waals surface area (Å²) >= 11 is 0. The van der Waals surface area contributed by atoms with Gasteiger partial charge in [0.05, 0.1) is 0 Å². The van der Waals surface area contributed by atoms with Crippen molar-refractivity contribution >= 4 is 5.84 Å². The topological polar surface area (TPSA) is 47.9 Å². The molecule has 1 unspecified atom stereocenters. The standard InChI is InChI=1S/C9H17N3O/c1-6(2)12-5-7(3)8(10-4)11-9(12)13/h5-6,9,13H,1-4H3,(H,10,11). The van der Waals surface area contributed by atoms with Crippen molar-refractivity contribution in [2.45, 2.75) is 33.2 Å². The van der Waals surface area contributed by atoms with Crippen LogP contribution in [0.3, 0.4) is 0 Å². The molecule has 4 nitrogen and oxygen atoms in total. The van der Waals surface area contributed by atoms with Crippen molar-refractivity contribution in [3.8, 4) is 0 Å². The third kappa shape index (κ3) is 2.01. The number of hydrogen-bond acceptors (Lipinski definition) is 3. The van der Waals surface area contributed by atoms with Gasteiger partial charge < -0.3 is 15.3 Å². The van der Waals surface area contributed by atoms with Gasteiger partial charge >= 0.3 is 0 Å². The van der Waals surface area contributed by atoms with E-state index in [1.807, 2.05) is 31.9 Å². The number of nitrogens with one attached hydrogen (secondary N) is 1. The van der Waals surface area contributed by atoms with Crippen LogP contribution in [0.5, 0.6) is 0 Å². The maximum Gasteiger partial charge on any atom is 0.206 e. The van der Waals surface area contributed by atoms with Crippen LogP contribution in [0.1, 0.15) is 20.8 Å². The van der Waals surface area contributed by atoms with E-state index in [0.29, 0.717) is 0 Å². The summed E-state index contributed by atoms with van der Waals surface area (Å²) in [6.45, 7) is 6.03. The Morgan fingerprint density at radius 1 is 1.62 bits per heavy atom. The number of aliphatic hydroxyl groups is 1. The summed E-state index contributed by atoms with van der Waals surface area (Å²) in [7, 11) is 1.71. The zero-order valence-electron chi connectivity index (χ0n) is 8.57. The molecular weight excluding hydrogens is 166 g/mol. The van der Waals surface area contributed by atoms with Gasteiger partial charge in [-0.1, -0.05) is 0 Å². The molecule has 0 aliphatic carbocycles. The molecule has 0 spiro atoms. The zero-order chi connectivity index (χ0) is 10.0. The van der Waals surface area contributed by atoms with Crippen LogP contribution in [0.25, 0.3) is 0 Å². The second-order valence-corrected chi connectivity index (χ2v) is 3.44. The molecule has 0 bridgehead atoms. The monoisotopic (exact) mass is 183 g/mol. The maximum atomic E-state index is 9.65. The number of rotatable bonds is 1. The van der Waals surface area contributed by atoms with E-state index in [1.54, 1.807) is 7.05 Å². The highest BCUT2D eigenvalue weighted by atomic mass is 16.3. The summed E-state index contributed by atoms with van der Waals surface area (Å²) < 4.78 is 0. The zero-order valence-corrected chi connectivity index (χ0v) is 8.57. The summed E-state index contributed by atoms with van der Waals surface area (Å²) in [6, 6.07) is 0.274. The van der Waals surface area contributed by atoms with Crippen LogP contribution in [0.15, 0.2) is 16.8 Å². The molecule has 0 saturated heterocycles. The minimum atomic E-state index is -0.664. The Bertz CT molecular complexity index is 245. The number of amidine groups is 1. The molecule has 1 aliphatic rings. The molecule has 13 heavy (non-hydrogen) atoms. The van der Waals surface area contributed by atoms with Crippen molar-refractivity contribution in [3.63, 3.8) is 0 Å². The summed E-state index contributed by atoms with van der Waals surface area (Å²) in [5.74, 6) is 0.754. The van der Waals surface area contributed by atoms with Crippen molar-refractivity contribution in [2.24, 2.45) is 4.99 Å². The van der Waals surface area contributed by atoms with Gasteiger partial charge in [0.2, 0.25) is 6.35 Å². The Morgan fingerprint density at radius 2 is 2.23 bits per heavy atom. The van der Waals surface area contributed by atoms with Crippen molar-refractivity contribution < 1.29 is 5.11 Å². The summed E-state index contributed by atoms with van der Waals surface area (Å²) in [5.41, 5.74) is 1.04. The minimum absolute atomic E-state index is 0.274. The van der Waals surface area contributed by atoms with Gasteiger partial charge in [-0.15, -0.1) is 0 Å². The van der Waals surface area contributed by atoms with E-state index < -0.39 is 6.35 Å². The van der Waals surface area contributed by atoms with E-state index in [9.17, 15) is 5.11 Å². The lowest BCUT2D eigenvalue weighted by Gasteiger charge is -2.35. The van der Waals surface area contributed by atoms with Crippen LogP contribution in [-0.4, -0.2) is 35.3 Å². The number of aliphatic imine (C=N–C) groups is 1. The fourth-order valence-electron chi connectivity index (χ4n) is 1.34. The van der Waals surface area contributed by atoms with Crippen LogP contribution in [0.2, 0.25) is 0 Å². The number of hydrogen-bond donors (Lipinski definition) is 2. The van der Waals surface area contributed by atoms with E-state index in [-0.39, 0.29) is 6.04 Å². The molecule has 74 valence electrons. The molecule has 0 amide bonds. The molecule has 1 heterocycles. The van der Waals surface area contributed by atoms with Gasteiger partial charge in [0.1, 0.15) is 5.84 Å². The first-order valence-electron chi connectivity index (χ1n) is 4.44. The van der Waals surface area contributed by atoms with Gasteiger partial charge in [0.25, 0.3) is 0 Å². The fraction of sp³-hybridized carbons (Fsp3) is 0.667. The second kappa shape index (κ2) is 3.79. The van der Waals surface area contributed by atoms with Crippen molar-refractivity contribution in [3.05, 3.63) is 11.8 Å². The highest BCUT2D eigenvalue weighted by Gasteiger charge is 2.22. The first-order chi connectivity index (χ1) is 6.06. The summed E-state index contributed by atoms with van der Waals surface area (Å²) in [5, 5.41) is 12.6. The Balaban J connectivity index is 2.88. The quantitative estimate of drug-likeness (QED) is 0.622. The highest BCUT2D eigenvalue weighted by molar-refractivity contribution is 5.98. The molecule has 0 saturated carbocycles. The third-order valence-electron chi connectivity index (χ3n) is 2.08. The lowest BCUT2D eigenvalue weighted by molar-refractivity contribution is 0.00352. The van der Waals surface area contributed by atoms with E-state index in [1.165, 1.54) is 0 Å². The number of aliphatic hydroxyl groups excluding tert-OH is 1. The SMILES string of the molecule is CN=C1NC(O)N(C(C)C)C=C1C. The van der Waals surface area contributed by atoms with Crippen molar-refractivity contribution in [1.29, 1.82) is 0 Å². The van der Waals surface area contributed by atoms with Gasteiger partial charge in [-0.25, -0.2) is 0 Å². The maximum absolute atomic E-state index is 9.65. The fourth-order valence-corrected chi connectivity index (χ4v) is 1.34. The van der Waals surface area contributed by atoms with E-state index >= 15 is 0 Å². The highest BCUT2D eigenvalue weighted by Crippen LogP contribution is 2.11. The van der Waals surface area contributed by atoms with Gasteiger partial charge in [-0.05, 0) is 20.8 Å². The molecule has 0 aromatic carbocycles. The average Bonchev–Trinajstić information content (AvgIpc) is 2.07. The Labute approximate surface area is 79.0 Å². The Kier molecular flexibility index (Phi) is 2.93. The average molecular weight is 183 g/mol. The Morgan fingerprint density at radius 3 is 2.69 bits per heavy atom. The molecule has 0 aromatic rings. The van der Waals surface area contributed by atoms with Crippen LogP contribution in [0.4, 0.5) is 0 Å². The summed E-state index contributed by atoms with van der Waals surface area (Å²) in [6.07, 6.45) is 1.26. The molecule has 0 aromatic heterocycles. The smallest absolute Gasteiger partial charge is 0.206 e. The normalized spacial score (nSPS) is 26.3. The molecule has 2 N–H and O–H groups in total. The first kappa shape index (κ1) is 10.1. The second-order valence-electron chi connectivity index (χ2n) is 3.44. The van der Waals surface area contributed by atoms with Gasteiger partial charge in [0.15, 0.2) is 0 Å². The molecule has 0 fully saturated rings. The lowest BCUT2D eigenvalue weighted by Crippen LogP contribution is -2.52. The molecular formula is C9H17N3O. The van der Waals surface area contributed by atoms with Crippen molar-refractivity contribution in [2.75, 3.05) is 7.05 Å². The minimum Gasteiger partial charge on any atom is -0.356 e. The lowest BCUT2D eigenvalue weighted by atomic mass is 10.2. The van der Waals surface area contributed by atoms with Gasteiger partial charge in [0, 0.05) is 24.9 Å². The number of nitrogens with zero attached hydrogens (tertiary/aromatic N) is 2. The molecule has 1 aliphatic heterocycles. The molecule has 1 rings (SSSR count). The van der Waals surface area contributed by atoms with E-state index in [2.05, 4.69) is 10.3 Å². The van der Waals surface area contributed by atoms with Crippen LogP contribution in [0, 0.1) is 0 Å². The predicted octanol–water partition coefficient (Wildman–Crippen LogP) is 0.508. The van der Waals surface area contributed by atoms with Crippen molar-refractivity contribution in [1.82, 2.24) is 10.2 Å². The summed E-state index contributed by atoms with van der Waals surface area (Å²) in [4.78, 5) is 5.87. The van der Waals surface area contributed by atoms with E-state index in [0.717, 1.165) is 11.4 Å². The largest absolute Gasteiger partial charge is 0.356 e. The van der Waals surface area contributed by atoms with Crippen LogP contribution in [-0.2, 0) is 0 Å². The third-order valence-corrected chi connectivity index (χ3v) is 2.08. The van der Waals surface area contributed by atoms with E-state index in [4.69, 9.17) is 0 Å². The Hall–Kier alpha value is -1.03. The molecule has 1 atom stereocenters. The van der Waals surface area contributed by atoms with Crippen LogP contribution >= 0.6 is 0 Å². The first-order valence-corrected chi connectivity index (χ1v) is 4.44.